The lowest BCUT2D eigenvalue weighted by atomic mass is 10.1. The Bertz CT molecular complexity index is 523. The summed E-state index contributed by atoms with van der Waals surface area (Å²) in [5.74, 6) is 0. The van der Waals surface area contributed by atoms with Crippen molar-refractivity contribution < 1.29 is 0 Å². The molecule has 0 amide bonds. The van der Waals surface area contributed by atoms with Crippen LogP contribution in [0.5, 0.6) is 0 Å². The number of rotatable bonds is 4. The topological polar surface area (TPSA) is 15.3 Å². The van der Waals surface area contributed by atoms with Crippen LogP contribution in [0, 0.1) is 13.8 Å². The smallest absolute Gasteiger partial charge is 0.0413 e. The van der Waals surface area contributed by atoms with Gasteiger partial charge >= 0.3 is 0 Å². The maximum Gasteiger partial charge on any atom is 0.0413 e. The van der Waals surface area contributed by atoms with Crippen molar-refractivity contribution in [3.63, 3.8) is 0 Å². The Morgan fingerprint density at radius 2 is 1.47 bits per heavy atom. The highest BCUT2D eigenvalue weighted by atomic mass is 15.1. The third-order valence-electron chi connectivity index (χ3n) is 3.30. The molecule has 0 fully saturated rings. The van der Waals surface area contributed by atoms with Crippen molar-refractivity contribution in [2.45, 2.75) is 20.4 Å². The fraction of sp³-hybridized carbons (Fsp3) is 0.294. The van der Waals surface area contributed by atoms with Crippen LogP contribution in [0.15, 0.2) is 42.5 Å². The lowest BCUT2D eigenvalue weighted by molar-refractivity contribution is 0.818. The SMILES string of the molecule is CNCc1ccc(N(C)c2cc(C)cc(C)c2)cc1. The minimum atomic E-state index is 0.910. The van der Waals surface area contributed by atoms with E-state index in [1.165, 1.54) is 28.1 Å². The Morgan fingerprint density at radius 1 is 0.895 bits per heavy atom. The summed E-state index contributed by atoms with van der Waals surface area (Å²) in [6.07, 6.45) is 0. The molecular weight excluding hydrogens is 232 g/mol. The molecule has 0 aliphatic heterocycles. The van der Waals surface area contributed by atoms with Gasteiger partial charge in [-0.1, -0.05) is 18.2 Å². The molecular formula is C17H22N2. The quantitative estimate of drug-likeness (QED) is 0.893. The Balaban J connectivity index is 2.25. The molecule has 100 valence electrons. The highest BCUT2D eigenvalue weighted by Crippen LogP contribution is 2.25. The zero-order valence-electron chi connectivity index (χ0n) is 12.2. The van der Waals surface area contributed by atoms with Crippen molar-refractivity contribution >= 4 is 11.4 Å². The number of hydrogen-bond donors (Lipinski definition) is 1. The summed E-state index contributed by atoms with van der Waals surface area (Å²) in [5.41, 5.74) is 6.35. The first-order chi connectivity index (χ1) is 9.10. The van der Waals surface area contributed by atoms with E-state index in [1.807, 2.05) is 7.05 Å². The average molecular weight is 254 g/mol. The first-order valence-corrected chi connectivity index (χ1v) is 6.65. The second-order valence-electron chi connectivity index (χ2n) is 5.10. The van der Waals surface area contributed by atoms with Gasteiger partial charge in [-0.15, -0.1) is 0 Å². The van der Waals surface area contributed by atoms with Gasteiger partial charge in [-0.25, -0.2) is 0 Å². The molecule has 0 aromatic heterocycles. The summed E-state index contributed by atoms with van der Waals surface area (Å²) in [5, 5.41) is 3.17. The number of aryl methyl sites for hydroxylation is 2. The summed E-state index contributed by atoms with van der Waals surface area (Å²) >= 11 is 0. The molecule has 0 unspecified atom stereocenters. The van der Waals surface area contributed by atoms with E-state index in [9.17, 15) is 0 Å². The molecule has 19 heavy (non-hydrogen) atoms. The Kier molecular flexibility index (Phi) is 4.23. The van der Waals surface area contributed by atoms with Crippen LogP contribution in [-0.4, -0.2) is 14.1 Å². The Hall–Kier alpha value is -1.80. The highest BCUT2D eigenvalue weighted by Gasteiger charge is 2.05. The van der Waals surface area contributed by atoms with Crippen molar-refractivity contribution in [2.24, 2.45) is 0 Å². The normalized spacial score (nSPS) is 10.5. The average Bonchev–Trinajstić information content (AvgIpc) is 2.38. The minimum Gasteiger partial charge on any atom is -0.345 e. The second kappa shape index (κ2) is 5.89. The first-order valence-electron chi connectivity index (χ1n) is 6.65. The summed E-state index contributed by atoms with van der Waals surface area (Å²) < 4.78 is 0. The second-order valence-corrected chi connectivity index (χ2v) is 5.10. The van der Waals surface area contributed by atoms with E-state index in [1.54, 1.807) is 0 Å². The van der Waals surface area contributed by atoms with Gasteiger partial charge < -0.3 is 10.2 Å². The minimum absolute atomic E-state index is 0.910. The summed E-state index contributed by atoms with van der Waals surface area (Å²) in [4.78, 5) is 2.23. The van der Waals surface area contributed by atoms with Gasteiger partial charge in [0.05, 0.1) is 0 Å². The predicted molar refractivity (Wildman–Crippen MR) is 83.2 cm³/mol. The molecule has 2 rings (SSSR count). The highest BCUT2D eigenvalue weighted by molar-refractivity contribution is 5.64. The van der Waals surface area contributed by atoms with Crippen molar-refractivity contribution in [1.29, 1.82) is 0 Å². The van der Waals surface area contributed by atoms with E-state index < -0.39 is 0 Å². The largest absolute Gasteiger partial charge is 0.345 e. The number of anilines is 2. The molecule has 0 aliphatic rings. The molecule has 0 saturated heterocycles. The molecule has 0 bridgehead atoms. The van der Waals surface area contributed by atoms with Crippen LogP contribution >= 0.6 is 0 Å². The van der Waals surface area contributed by atoms with E-state index in [2.05, 4.69) is 73.6 Å². The van der Waals surface area contributed by atoms with Gasteiger partial charge in [0.25, 0.3) is 0 Å². The van der Waals surface area contributed by atoms with E-state index in [0.29, 0.717) is 0 Å². The molecule has 0 heterocycles. The predicted octanol–water partition coefficient (Wildman–Crippen LogP) is 3.79. The van der Waals surface area contributed by atoms with E-state index in [-0.39, 0.29) is 0 Å². The lowest BCUT2D eigenvalue weighted by Gasteiger charge is -2.21. The van der Waals surface area contributed by atoms with Crippen LogP contribution in [0.25, 0.3) is 0 Å². The first kappa shape index (κ1) is 13.6. The number of benzene rings is 2. The van der Waals surface area contributed by atoms with Crippen molar-refractivity contribution in [3.8, 4) is 0 Å². The van der Waals surface area contributed by atoms with Crippen LogP contribution in [-0.2, 0) is 6.54 Å². The maximum atomic E-state index is 3.17. The van der Waals surface area contributed by atoms with Gasteiger partial charge in [0, 0.05) is 25.0 Å². The molecule has 1 N–H and O–H groups in total. The molecule has 2 aromatic carbocycles. The fourth-order valence-electron chi connectivity index (χ4n) is 2.33. The monoisotopic (exact) mass is 254 g/mol. The molecule has 0 saturated carbocycles. The van der Waals surface area contributed by atoms with Crippen molar-refractivity contribution in [3.05, 3.63) is 59.2 Å². The number of nitrogens with one attached hydrogen (secondary N) is 1. The van der Waals surface area contributed by atoms with E-state index >= 15 is 0 Å². The summed E-state index contributed by atoms with van der Waals surface area (Å²) in [7, 11) is 4.08. The van der Waals surface area contributed by atoms with Crippen molar-refractivity contribution in [1.82, 2.24) is 5.32 Å². The maximum absolute atomic E-state index is 3.17. The molecule has 2 nitrogen and oxygen atoms in total. The standard InChI is InChI=1S/C17H22N2/c1-13-9-14(2)11-17(10-13)19(4)16-7-5-15(6-8-16)12-18-3/h5-11,18H,12H2,1-4H3. The number of nitrogens with zero attached hydrogens (tertiary/aromatic N) is 1. The van der Waals surface area contributed by atoms with E-state index in [0.717, 1.165) is 6.54 Å². The third kappa shape index (κ3) is 3.36. The Labute approximate surface area is 116 Å². The van der Waals surface area contributed by atoms with E-state index in [4.69, 9.17) is 0 Å². The lowest BCUT2D eigenvalue weighted by Crippen LogP contribution is -2.10. The van der Waals surface area contributed by atoms with Gasteiger partial charge in [0.1, 0.15) is 0 Å². The van der Waals surface area contributed by atoms with Gasteiger partial charge in [-0.05, 0) is 61.9 Å². The zero-order valence-corrected chi connectivity index (χ0v) is 12.2. The van der Waals surface area contributed by atoms with Crippen molar-refractivity contribution in [2.75, 3.05) is 19.0 Å². The molecule has 0 aliphatic carbocycles. The van der Waals surface area contributed by atoms with Crippen LogP contribution in [0.1, 0.15) is 16.7 Å². The van der Waals surface area contributed by atoms with Crippen LogP contribution in [0.4, 0.5) is 11.4 Å². The fourth-order valence-corrected chi connectivity index (χ4v) is 2.33. The van der Waals surface area contributed by atoms with Gasteiger partial charge in [-0.3, -0.25) is 0 Å². The molecule has 0 spiro atoms. The molecule has 0 radical (unpaired) electrons. The van der Waals surface area contributed by atoms with Gasteiger partial charge in [0.15, 0.2) is 0 Å². The van der Waals surface area contributed by atoms with Crippen LogP contribution in [0.2, 0.25) is 0 Å². The van der Waals surface area contributed by atoms with Crippen LogP contribution < -0.4 is 10.2 Å². The molecule has 0 atom stereocenters. The Morgan fingerprint density at radius 3 is 2.00 bits per heavy atom. The summed E-state index contributed by atoms with van der Waals surface area (Å²) in [6.45, 7) is 5.19. The summed E-state index contributed by atoms with van der Waals surface area (Å²) in [6, 6.07) is 15.3. The number of hydrogen-bond acceptors (Lipinski definition) is 2. The third-order valence-corrected chi connectivity index (χ3v) is 3.30. The van der Waals surface area contributed by atoms with Gasteiger partial charge in [0.2, 0.25) is 0 Å². The zero-order chi connectivity index (χ0) is 13.8. The molecule has 2 heteroatoms. The van der Waals surface area contributed by atoms with Crippen LogP contribution in [0.3, 0.4) is 0 Å². The van der Waals surface area contributed by atoms with Gasteiger partial charge in [-0.2, -0.15) is 0 Å². The molecule has 2 aromatic rings.